The number of hydrogen-bond acceptors (Lipinski definition) is 3. The average molecular weight is 169 g/mol. The van der Waals surface area contributed by atoms with Gasteiger partial charge >= 0.3 is 0 Å². The van der Waals surface area contributed by atoms with Gasteiger partial charge in [-0.25, -0.2) is 0 Å². The highest BCUT2D eigenvalue weighted by Gasteiger charge is 2.07. The summed E-state index contributed by atoms with van der Waals surface area (Å²) >= 11 is 1.57. The largest absolute Gasteiger partial charge is 0.313 e. The lowest BCUT2D eigenvalue weighted by Gasteiger charge is -1.96. The molecule has 11 heavy (non-hydrogen) atoms. The molecule has 0 fully saturated rings. The van der Waals surface area contributed by atoms with Gasteiger partial charge in [0.05, 0.1) is 6.54 Å². The van der Waals surface area contributed by atoms with Crippen molar-refractivity contribution in [1.29, 1.82) is 0 Å². The Labute approximate surface area is 70.2 Å². The maximum atomic E-state index is 11.3. The zero-order chi connectivity index (χ0) is 8.27. The molecule has 1 aromatic heterocycles. The minimum absolute atomic E-state index is 0.172. The number of aryl methyl sites for hydroxylation is 1. The second kappa shape index (κ2) is 3.64. The lowest BCUT2D eigenvalue weighted by Crippen LogP contribution is -2.18. The Kier molecular flexibility index (Phi) is 2.79. The number of ketones is 1. The van der Waals surface area contributed by atoms with E-state index >= 15 is 0 Å². The van der Waals surface area contributed by atoms with Crippen molar-refractivity contribution in [2.24, 2.45) is 0 Å². The van der Waals surface area contributed by atoms with Gasteiger partial charge in [-0.05, 0) is 24.9 Å². The van der Waals surface area contributed by atoms with Crippen LogP contribution in [0, 0.1) is 6.92 Å². The average Bonchev–Trinajstić information content (AvgIpc) is 2.36. The first kappa shape index (κ1) is 8.43. The lowest BCUT2D eigenvalue weighted by molar-refractivity contribution is 0.0993. The van der Waals surface area contributed by atoms with Crippen molar-refractivity contribution in [2.75, 3.05) is 13.6 Å². The van der Waals surface area contributed by atoms with E-state index in [0.717, 1.165) is 11.1 Å². The summed E-state index contributed by atoms with van der Waals surface area (Å²) in [4.78, 5) is 11.3. The molecule has 0 amide bonds. The molecule has 1 aromatic rings. The zero-order valence-electron chi connectivity index (χ0n) is 6.68. The van der Waals surface area contributed by atoms with E-state index in [-0.39, 0.29) is 5.78 Å². The summed E-state index contributed by atoms with van der Waals surface area (Å²) in [5.41, 5.74) is 1.93. The van der Waals surface area contributed by atoms with Crippen LogP contribution in [0.3, 0.4) is 0 Å². The SMILES string of the molecule is CNCC(=O)c1cscc1C. The molecule has 0 bridgehead atoms. The molecule has 1 rings (SSSR count). The highest BCUT2D eigenvalue weighted by molar-refractivity contribution is 7.08. The van der Waals surface area contributed by atoms with Crippen molar-refractivity contribution in [1.82, 2.24) is 5.32 Å². The maximum Gasteiger partial charge on any atom is 0.177 e. The Morgan fingerprint density at radius 3 is 2.82 bits per heavy atom. The summed E-state index contributed by atoms with van der Waals surface area (Å²) < 4.78 is 0. The second-order valence-electron chi connectivity index (χ2n) is 2.42. The van der Waals surface area contributed by atoms with Gasteiger partial charge in [-0.3, -0.25) is 4.79 Å². The molecule has 0 saturated carbocycles. The van der Waals surface area contributed by atoms with Gasteiger partial charge in [0.1, 0.15) is 0 Å². The van der Waals surface area contributed by atoms with Crippen LogP contribution >= 0.6 is 11.3 Å². The van der Waals surface area contributed by atoms with Crippen molar-refractivity contribution >= 4 is 17.1 Å². The van der Waals surface area contributed by atoms with Gasteiger partial charge in [0.25, 0.3) is 0 Å². The molecular weight excluding hydrogens is 158 g/mol. The number of nitrogens with one attached hydrogen (secondary N) is 1. The van der Waals surface area contributed by atoms with Crippen molar-refractivity contribution in [2.45, 2.75) is 6.92 Å². The third-order valence-corrected chi connectivity index (χ3v) is 2.35. The van der Waals surface area contributed by atoms with Gasteiger partial charge in [-0.1, -0.05) is 0 Å². The van der Waals surface area contributed by atoms with E-state index in [4.69, 9.17) is 0 Å². The van der Waals surface area contributed by atoms with Crippen LogP contribution in [-0.4, -0.2) is 19.4 Å². The number of likely N-dealkylation sites (N-methyl/N-ethyl adjacent to an activating group) is 1. The minimum atomic E-state index is 0.172. The molecule has 0 aromatic carbocycles. The molecule has 0 spiro atoms. The molecule has 60 valence electrons. The van der Waals surface area contributed by atoms with Crippen LogP contribution in [0.15, 0.2) is 10.8 Å². The van der Waals surface area contributed by atoms with Crippen LogP contribution < -0.4 is 5.32 Å². The van der Waals surface area contributed by atoms with E-state index in [0.29, 0.717) is 6.54 Å². The number of hydrogen-bond donors (Lipinski definition) is 1. The van der Waals surface area contributed by atoms with E-state index in [9.17, 15) is 4.79 Å². The van der Waals surface area contributed by atoms with E-state index in [1.807, 2.05) is 17.7 Å². The third kappa shape index (κ3) is 1.88. The van der Waals surface area contributed by atoms with Crippen molar-refractivity contribution < 1.29 is 4.79 Å². The lowest BCUT2D eigenvalue weighted by atomic mass is 10.1. The number of rotatable bonds is 3. The molecule has 1 N–H and O–H groups in total. The van der Waals surface area contributed by atoms with Crippen molar-refractivity contribution in [3.8, 4) is 0 Å². The summed E-state index contributed by atoms with van der Waals surface area (Å²) in [7, 11) is 1.78. The van der Waals surface area contributed by atoms with E-state index < -0.39 is 0 Å². The molecule has 2 nitrogen and oxygen atoms in total. The van der Waals surface area contributed by atoms with Gasteiger partial charge in [-0.15, -0.1) is 0 Å². The monoisotopic (exact) mass is 169 g/mol. The Bertz CT molecular complexity index is 254. The predicted octanol–water partition coefficient (Wildman–Crippen LogP) is 1.46. The normalized spacial score (nSPS) is 10.0. The molecular formula is C8H11NOS. The molecule has 0 atom stereocenters. The smallest absolute Gasteiger partial charge is 0.177 e. The van der Waals surface area contributed by atoms with Crippen LogP contribution in [-0.2, 0) is 0 Å². The fraction of sp³-hybridized carbons (Fsp3) is 0.375. The molecule has 0 aliphatic heterocycles. The topological polar surface area (TPSA) is 29.1 Å². The van der Waals surface area contributed by atoms with Gasteiger partial charge < -0.3 is 5.32 Å². The van der Waals surface area contributed by atoms with Gasteiger partial charge in [-0.2, -0.15) is 11.3 Å². The molecule has 1 heterocycles. The quantitative estimate of drug-likeness (QED) is 0.694. The summed E-state index contributed by atoms with van der Waals surface area (Å²) in [6, 6.07) is 0. The van der Waals surface area contributed by atoms with E-state index in [1.54, 1.807) is 18.4 Å². The van der Waals surface area contributed by atoms with Crippen LogP contribution in [0.4, 0.5) is 0 Å². The maximum absolute atomic E-state index is 11.3. The summed E-state index contributed by atoms with van der Waals surface area (Å²) in [5, 5.41) is 6.72. The predicted molar refractivity (Wildman–Crippen MR) is 47.3 cm³/mol. The zero-order valence-corrected chi connectivity index (χ0v) is 7.49. The molecule has 3 heteroatoms. The summed E-state index contributed by atoms with van der Waals surface area (Å²) in [6.45, 7) is 2.39. The number of Topliss-reactive ketones (excluding diaryl/α,β-unsaturated/α-hetero) is 1. The third-order valence-electron chi connectivity index (χ3n) is 1.49. The van der Waals surface area contributed by atoms with E-state index in [2.05, 4.69) is 5.32 Å². The first-order chi connectivity index (χ1) is 5.25. The summed E-state index contributed by atoms with van der Waals surface area (Å²) in [5.74, 6) is 0.172. The molecule has 0 aliphatic rings. The first-order valence-electron chi connectivity index (χ1n) is 3.46. The van der Waals surface area contributed by atoms with Crippen molar-refractivity contribution in [3.63, 3.8) is 0 Å². The highest BCUT2D eigenvalue weighted by atomic mass is 32.1. The number of carbonyl (C=O) groups is 1. The number of carbonyl (C=O) groups excluding carboxylic acids is 1. The molecule has 0 radical (unpaired) electrons. The highest BCUT2D eigenvalue weighted by Crippen LogP contribution is 2.13. The Morgan fingerprint density at radius 1 is 1.64 bits per heavy atom. The molecule has 0 saturated heterocycles. The fourth-order valence-electron chi connectivity index (χ4n) is 0.902. The van der Waals surface area contributed by atoms with Crippen LogP contribution in [0.5, 0.6) is 0 Å². The van der Waals surface area contributed by atoms with Crippen LogP contribution in [0.1, 0.15) is 15.9 Å². The fourth-order valence-corrected chi connectivity index (χ4v) is 1.75. The van der Waals surface area contributed by atoms with Gasteiger partial charge in [0, 0.05) is 10.9 Å². The van der Waals surface area contributed by atoms with Gasteiger partial charge in [0.15, 0.2) is 5.78 Å². The van der Waals surface area contributed by atoms with Gasteiger partial charge in [0.2, 0.25) is 0 Å². The molecule has 0 unspecified atom stereocenters. The molecule has 0 aliphatic carbocycles. The first-order valence-corrected chi connectivity index (χ1v) is 4.40. The Morgan fingerprint density at radius 2 is 2.36 bits per heavy atom. The minimum Gasteiger partial charge on any atom is -0.313 e. The Hall–Kier alpha value is -0.670. The van der Waals surface area contributed by atoms with Crippen molar-refractivity contribution in [3.05, 3.63) is 21.9 Å². The Balaban J connectivity index is 2.76. The standard InChI is InChI=1S/C8H11NOS/c1-6-4-11-5-7(6)8(10)3-9-2/h4-5,9H,3H2,1-2H3. The van der Waals surface area contributed by atoms with E-state index in [1.165, 1.54) is 0 Å². The summed E-state index contributed by atoms with van der Waals surface area (Å²) in [6.07, 6.45) is 0. The van der Waals surface area contributed by atoms with Crippen LogP contribution in [0.25, 0.3) is 0 Å². The second-order valence-corrected chi connectivity index (χ2v) is 3.17. The van der Waals surface area contributed by atoms with Crippen LogP contribution in [0.2, 0.25) is 0 Å². The number of thiophene rings is 1.